The van der Waals surface area contributed by atoms with Gasteiger partial charge in [0.25, 0.3) is 0 Å². The number of hydrogen-bond donors (Lipinski definition) is 1. The van der Waals surface area contributed by atoms with E-state index in [1.807, 2.05) is 53.4 Å². The zero-order chi connectivity index (χ0) is 21.8. The molecule has 0 saturated carbocycles. The molecular formula is C25H23N3O3. The van der Waals surface area contributed by atoms with Crippen LogP contribution in [-0.2, 0) is 4.79 Å². The van der Waals surface area contributed by atoms with Crippen LogP contribution in [0.4, 0.5) is 5.69 Å². The first-order valence-electron chi connectivity index (χ1n) is 10.3. The molecule has 0 amide bonds. The monoisotopic (exact) mass is 413 g/mol. The highest BCUT2D eigenvalue weighted by atomic mass is 16.7. The number of rotatable bonds is 2. The van der Waals surface area contributed by atoms with Crippen molar-refractivity contribution in [2.24, 2.45) is 11.1 Å². The largest absolute Gasteiger partial charge is 0.454 e. The Kier molecular flexibility index (Phi) is 4.30. The number of ether oxygens (including phenoxy) is 2. The molecule has 2 aromatic carbocycles. The van der Waals surface area contributed by atoms with E-state index in [0.717, 1.165) is 16.9 Å². The summed E-state index contributed by atoms with van der Waals surface area (Å²) in [6, 6.07) is 17.5. The molecule has 1 aliphatic carbocycles. The minimum absolute atomic E-state index is 0.0510. The molecule has 31 heavy (non-hydrogen) atoms. The van der Waals surface area contributed by atoms with Gasteiger partial charge in [-0.2, -0.15) is 5.26 Å². The number of carbonyl (C=O) groups excluding carboxylic acids is 1. The summed E-state index contributed by atoms with van der Waals surface area (Å²) in [5, 5.41) is 10.1. The van der Waals surface area contributed by atoms with Crippen molar-refractivity contribution < 1.29 is 14.3 Å². The highest BCUT2D eigenvalue weighted by molar-refractivity contribution is 6.01. The zero-order valence-corrected chi connectivity index (χ0v) is 17.5. The van der Waals surface area contributed by atoms with Crippen molar-refractivity contribution in [2.75, 3.05) is 11.7 Å². The third-order valence-corrected chi connectivity index (χ3v) is 6.13. The lowest BCUT2D eigenvalue weighted by atomic mass is 9.68. The summed E-state index contributed by atoms with van der Waals surface area (Å²) < 4.78 is 11.0. The quantitative estimate of drug-likeness (QED) is 0.787. The molecule has 6 nitrogen and oxygen atoms in total. The number of nitrogens with two attached hydrogens (primary N) is 1. The topological polar surface area (TPSA) is 88.6 Å². The number of anilines is 1. The van der Waals surface area contributed by atoms with Crippen LogP contribution >= 0.6 is 0 Å². The number of Topliss-reactive ketones (excluding diaryl/α,β-unsaturated/α-hetero) is 1. The molecular weight excluding hydrogens is 390 g/mol. The fourth-order valence-corrected chi connectivity index (χ4v) is 4.81. The van der Waals surface area contributed by atoms with Gasteiger partial charge in [-0.1, -0.05) is 38.1 Å². The third kappa shape index (κ3) is 3.05. The first-order valence-corrected chi connectivity index (χ1v) is 10.3. The lowest BCUT2D eigenvalue weighted by Gasteiger charge is -2.43. The van der Waals surface area contributed by atoms with Gasteiger partial charge < -0.3 is 15.2 Å². The SMILES string of the molecule is CC1(C)CC(=O)C2=C(C1)N(c1ccccc1)C(N)=C(C#N)[C@@H]2c1ccc2c(c1)OCO2. The van der Waals surface area contributed by atoms with Crippen LogP contribution in [0.15, 0.2) is 71.2 Å². The highest BCUT2D eigenvalue weighted by Crippen LogP contribution is 2.51. The Hall–Kier alpha value is -3.72. The normalized spacial score (nSPS) is 21.8. The van der Waals surface area contributed by atoms with Crippen molar-refractivity contribution >= 4 is 11.5 Å². The molecule has 0 bridgehead atoms. The number of nitrogens with zero attached hydrogens (tertiary/aromatic N) is 2. The van der Waals surface area contributed by atoms with Crippen molar-refractivity contribution in [1.82, 2.24) is 0 Å². The Morgan fingerprint density at radius 3 is 2.58 bits per heavy atom. The van der Waals surface area contributed by atoms with Crippen molar-refractivity contribution in [3.05, 3.63) is 76.8 Å². The molecule has 2 N–H and O–H groups in total. The molecule has 2 aromatic rings. The van der Waals surface area contributed by atoms with Gasteiger partial charge in [0.1, 0.15) is 5.82 Å². The average Bonchev–Trinajstić information content (AvgIpc) is 3.20. The summed E-state index contributed by atoms with van der Waals surface area (Å²) >= 11 is 0. The molecule has 2 heterocycles. The second-order valence-corrected chi connectivity index (χ2v) is 8.93. The minimum Gasteiger partial charge on any atom is -0.454 e. The van der Waals surface area contributed by atoms with Crippen LogP contribution in [-0.4, -0.2) is 12.6 Å². The molecule has 0 saturated heterocycles. The van der Waals surface area contributed by atoms with Gasteiger partial charge in [0, 0.05) is 23.4 Å². The van der Waals surface area contributed by atoms with Gasteiger partial charge in [-0.3, -0.25) is 9.69 Å². The first-order chi connectivity index (χ1) is 14.9. The maximum Gasteiger partial charge on any atom is 0.231 e. The number of ketones is 1. The van der Waals surface area contributed by atoms with Crippen molar-refractivity contribution in [2.45, 2.75) is 32.6 Å². The summed E-state index contributed by atoms with van der Waals surface area (Å²) in [7, 11) is 0. The Morgan fingerprint density at radius 2 is 1.84 bits per heavy atom. The van der Waals surface area contributed by atoms with Crippen molar-refractivity contribution in [1.29, 1.82) is 5.26 Å². The maximum atomic E-state index is 13.5. The van der Waals surface area contributed by atoms with E-state index in [1.165, 1.54) is 0 Å². The summed E-state index contributed by atoms with van der Waals surface area (Å²) in [6.45, 7) is 4.34. The van der Waals surface area contributed by atoms with E-state index in [1.54, 1.807) is 0 Å². The Bertz CT molecular complexity index is 1190. The van der Waals surface area contributed by atoms with Gasteiger partial charge in [-0.25, -0.2) is 0 Å². The second kappa shape index (κ2) is 6.92. The van der Waals surface area contributed by atoms with Gasteiger partial charge in [-0.05, 0) is 41.7 Å². The van der Waals surface area contributed by atoms with Crippen LogP contribution in [0.1, 0.15) is 38.2 Å². The standard InChI is InChI=1S/C25H23N3O3/c1-25(2)11-18-23(19(29)12-25)22(15-8-9-20-21(10-15)31-14-30-20)17(13-26)24(27)28(18)16-6-4-3-5-7-16/h3-10,22H,11-12,14,27H2,1-2H3/t22-/m0/s1. The van der Waals surface area contributed by atoms with Gasteiger partial charge in [-0.15, -0.1) is 0 Å². The lowest BCUT2D eigenvalue weighted by Crippen LogP contribution is -2.42. The van der Waals surface area contributed by atoms with Crippen LogP contribution < -0.4 is 20.1 Å². The fraction of sp³-hybridized carbons (Fsp3) is 0.280. The molecule has 0 aromatic heterocycles. The van der Waals surface area contributed by atoms with E-state index in [9.17, 15) is 10.1 Å². The van der Waals surface area contributed by atoms with Crippen LogP contribution in [0.5, 0.6) is 11.5 Å². The molecule has 0 radical (unpaired) electrons. The van der Waals surface area contributed by atoms with E-state index in [-0.39, 0.29) is 18.0 Å². The number of nitriles is 1. The third-order valence-electron chi connectivity index (χ3n) is 6.13. The first kappa shape index (κ1) is 19.3. The van der Waals surface area contributed by atoms with Crippen LogP contribution in [0.2, 0.25) is 0 Å². The van der Waals surface area contributed by atoms with Crippen LogP contribution in [0, 0.1) is 16.7 Å². The van der Waals surface area contributed by atoms with Crippen LogP contribution in [0.25, 0.3) is 0 Å². The number of carbonyl (C=O) groups is 1. The van der Waals surface area contributed by atoms with Gasteiger partial charge in [0.15, 0.2) is 17.3 Å². The second-order valence-electron chi connectivity index (χ2n) is 8.93. The van der Waals surface area contributed by atoms with Crippen molar-refractivity contribution in [3.8, 4) is 17.6 Å². The number of allylic oxidation sites excluding steroid dienone is 3. The smallest absolute Gasteiger partial charge is 0.231 e. The Morgan fingerprint density at radius 1 is 1.10 bits per heavy atom. The number of para-hydroxylation sites is 1. The summed E-state index contributed by atoms with van der Waals surface area (Å²) in [5.74, 6) is 1.16. The molecule has 156 valence electrons. The molecule has 0 spiro atoms. The van der Waals surface area contributed by atoms with Gasteiger partial charge in [0.2, 0.25) is 6.79 Å². The highest BCUT2D eigenvalue weighted by Gasteiger charge is 2.44. The predicted molar refractivity (Wildman–Crippen MR) is 116 cm³/mol. The molecule has 0 fully saturated rings. The lowest BCUT2D eigenvalue weighted by molar-refractivity contribution is -0.118. The molecule has 0 unspecified atom stereocenters. The Labute approximate surface area is 181 Å². The van der Waals surface area contributed by atoms with E-state index < -0.39 is 5.92 Å². The Balaban J connectivity index is 1.75. The number of benzene rings is 2. The molecule has 3 aliphatic rings. The molecule has 1 atom stereocenters. The zero-order valence-electron chi connectivity index (χ0n) is 17.5. The summed E-state index contributed by atoms with van der Waals surface area (Å²) in [5.41, 5.74) is 9.96. The van der Waals surface area contributed by atoms with Crippen LogP contribution in [0.3, 0.4) is 0 Å². The van der Waals surface area contributed by atoms with E-state index in [2.05, 4.69) is 19.9 Å². The van der Waals surface area contributed by atoms with E-state index >= 15 is 0 Å². The summed E-state index contributed by atoms with van der Waals surface area (Å²) in [6.07, 6.45) is 1.11. The van der Waals surface area contributed by atoms with E-state index in [0.29, 0.717) is 41.3 Å². The predicted octanol–water partition coefficient (Wildman–Crippen LogP) is 4.36. The number of hydrogen-bond acceptors (Lipinski definition) is 6. The molecule has 6 heteroatoms. The summed E-state index contributed by atoms with van der Waals surface area (Å²) in [4.78, 5) is 15.4. The maximum absolute atomic E-state index is 13.5. The van der Waals surface area contributed by atoms with Gasteiger partial charge in [0.05, 0.1) is 17.6 Å². The molecule has 2 aliphatic heterocycles. The van der Waals surface area contributed by atoms with Crippen molar-refractivity contribution in [3.63, 3.8) is 0 Å². The average molecular weight is 413 g/mol. The fourth-order valence-electron chi connectivity index (χ4n) is 4.81. The van der Waals surface area contributed by atoms with E-state index in [4.69, 9.17) is 15.2 Å². The molecule has 5 rings (SSSR count). The van der Waals surface area contributed by atoms with Gasteiger partial charge >= 0.3 is 0 Å². The minimum atomic E-state index is -0.530. The number of fused-ring (bicyclic) bond motifs is 1.